The summed E-state index contributed by atoms with van der Waals surface area (Å²) in [6, 6.07) is 3.51. The molecular formula is C17H21F3N4O2. The number of aromatic nitrogens is 2. The lowest BCUT2D eigenvalue weighted by Gasteiger charge is -2.32. The number of anilines is 1. The third kappa shape index (κ3) is 4.09. The summed E-state index contributed by atoms with van der Waals surface area (Å²) in [6.07, 6.45) is -1.94. The van der Waals surface area contributed by atoms with E-state index in [-0.39, 0.29) is 17.6 Å². The highest BCUT2D eigenvalue weighted by Crippen LogP contribution is 2.38. The number of piperidine rings is 1. The summed E-state index contributed by atoms with van der Waals surface area (Å²) in [7, 11) is 0. The Bertz CT molecular complexity index is 794. The van der Waals surface area contributed by atoms with E-state index < -0.39 is 17.5 Å². The Morgan fingerprint density at radius 2 is 2.08 bits per heavy atom. The van der Waals surface area contributed by atoms with Crippen LogP contribution in [0.3, 0.4) is 0 Å². The molecule has 2 aromatic rings. The van der Waals surface area contributed by atoms with Gasteiger partial charge in [0.1, 0.15) is 0 Å². The van der Waals surface area contributed by atoms with Gasteiger partial charge in [-0.2, -0.15) is 13.2 Å². The minimum Gasteiger partial charge on any atom is -0.388 e. The molecule has 1 aromatic heterocycles. The van der Waals surface area contributed by atoms with Gasteiger partial charge in [0.2, 0.25) is 5.89 Å². The highest BCUT2D eigenvalue weighted by Gasteiger charge is 2.35. The predicted octanol–water partition coefficient (Wildman–Crippen LogP) is 3.24. The maximum absolute atomic E-state index is 13.4. The molecule has 0 amide bonds. The van der Waals surface area contributed by atoms with Crippen molar-refractivity contribution < 1.29 is 17.6 Å². The van der Waals surface area contributed by atoms with Crippen LogP contribution in [0.15, 0.2) is 27.4 Å². The fraction of sp³-hybridized carbons (Fsp3) is 0.529. The largest absolute Gasteiger partial charge is 0.434 e. The van der Waals surface area contributed by atoms with E-state index in [0.29, 0.717) is 17.9 Å². The van der Waals surface area contributed by atoms with Gasteiger partial charge in [0.25, 0.3) is 0 Å². The second-order valence-corrected chi connectivity index (χ2v) is 6.42. The number of aromatic amines is 1. The monoisotopic (exact) mass is 370 g/mol. The van der Waals surface area contributed by atoms with Crippen molar-refractivity contribution in [1.29, 1.82) is 0 Å². The summed E-state index contributed by atoms with van der Waals surface area (Å²) >= 11 is 0. The molecule has 6 nitrogen and oxygen atoms in total. The van der Waals surface area contributed by atoms with E-state index in [1.54, 1.807) is 0 Å². The maximum atomic E-state index is 13.4. The molecule has 1 unspecified atom stereocenters. The van der Waals surface area contributed by atoms with E-state index in [9.17, 15) is 18.0 Å². The number of H-pyrrole nitrogens is 1. The summed E-state index contributed by atoms with van der Waals surface area (Å²) in [6.45, 7) is 3.70. The maximum Gasteiger partial charge on any atom is 0.434 e. The number of hydrogen-bond donors (Lipinski definition) is 3. The van der Waals surface area contributed by atoms with Crippen molar-refractivity contribution >= 4 is 5.69 Å². The molecule has 3 rings (SSSR count). The fourth-order valence-corrected chi connectivity index (χ4v) is 3.40. The minimum absolute atomic E-state index is 0.0222. The Balaban J connectivity index is 1.94. The van der Waals surface area contributed by atoms with Crippen molar-refractivity contribution in [3.05, 3.63) is 34.3 Å². The van der Waals surface area contributed by atoms with Crippen molar-refractivity contribution in [1.82, 2.24) is 15.5 Å². The van der Waals surface area contributed by atoms with Gasteiger partial charge >= 0.3 is 11.9 Å². The number of halogens is 3. The van der Waals surface area contributed by atoms with E-state index >= 15 is 0 Å². The molecule has 0 spiro atoms. The Hall–Kier alpha value is -2.29. The summed E-state index contributed by atoms with van der Waals surface area (Å²) in [5, 5.41) is 12.1. The van der Waals surface area contributed by atoms with Gasteiger partial charge in [-0.1, -0.05) is 6.92 Å². The molecular weight excluding hydrogens is 349 g/mol. The van der Waals surface area contributed by atoms with E-state index in [1.165, 1.54) is 12.1 Å². The topological polar surface area (TPSA) is 83.0 Å². The molecule has 1 atom stereocenters. The Morgan fingerprint density at radius 3 is 2.65 bits per heavy atom. The van der Waals surface area contributed by atoms with Crippen molar-refractivity contribution in [3.63, 3.8) is 0 Å². The first-order valence-electron chi connectivity index (χ1n) is 8.63. The van der Waals surface area contributed by atoms with Crippen molar-refractivity contribution in [2.75, 3.05) is 18.4 Å². The van der Waals surface area contributed by atoms with Crippen LogP contribution >= 0.6 is 0 Å². The Morgan fingerprint density at radius 1 is 1.35 bits per heavy atom. The van der Waals surface area contributed by atoms with Gasteiger partial charge in [-0.05, 0) is 56.5 Å². The number of rotatable bonds is 5. The average Bonchev–Trinajstić information content (AvgIpc) is 3.06. The van der Waals surface area contributed by atoms with E-state index in [2.05, 4.69) is 20.8 Å². The van der Waals surface area contributed by atoms with Crippen LogP contribution < -0.4 is 16.4 Å². The van der Waals surface area contributed by atoms with Crippen LogP contribution in [0.1, 0.15) is 31.7 Å². The van der Waals surface area contributed by atoms with Gasteiger partial charge in [0.15, 0.2) is 0 Å². The smallest absolute Gasteiger partial charge is 0.388 e. The lowest BCUT2D eigenvalue weighted by atomic mass is 9.88. The van der Waals surface area contributed by atoms with Crippen LogP contribution in [0, 0.1) is 5.92 Å². The van der Waals surface area contributed by atoms with Gasteiger partial charge in [-0.25, -0.2) is 9.89 Å². The molecule has 0 saturated carbocycles. The molecule has 1 fully saturated rings. The van der Waals surface area contributed by atoms with Crippen LogP contribution in [0.5, 0.6) is 0 Å². The average molecular weight is 370 g/mol. The number of nitrogens with one attached hydrogen (secondary N) is 3. The van der Waals surface area contributed by atoms with Crippen LogP contribution in [0.4, 0.5) is 18.9 Å². The van der Waals surface area contributed by atoms with Gasteiger partial charge in [-0.15, -0.1) is 5.10 Å². The molecule has 142 valence electrons. The molecule has 1 aromatic carbocycles. The lowest BCUT2D eigenvalue weighted by Crippen LogP contribution is -2.37. The third-order valence-electron chi connectivity index (χ3n) is 4.74. The molecule has 26 heavy (non-hydrogen) atoms. The van der Waals surface area contributed by atoms with Gasteiger partial charge in [-0.3, -0.25) is 0 Å². The quantitative estimate of drug-likeness (QED) is 0.753. The molecule has 1 aliphatic heterocycles. The summed E-state index contributed by atoms with van der Waals surface area (Å²) < 4.78 is 45.2. The lowest BCUT2D eigenvalue weighted by molar-refractivity contribution is -0.137. The van der Waals surface area contributed by atoms with Gasteiger partial charge in [0.05, 0.1) is 5.56 Å². The second kappa shape index (κ2) is 7.53. The zero-order valence-corrected chi connectivity index (χ0v) is 14.3. The Labute approximate surface area is 148 Å². The summed E-state index contributed by atoms with van der Waals surface area (Å²) in [5.74, 6) is -0.494. The zero-order chi connectivity index (χ0) is 18.7. The molecule has 0 bridgehead atoms. The highest BCUT2D eigenvalue weighted by atomic mass is 19.4. The molecule has 0 aliphatic carbocycles. The molecule has 2 heterocycles. The summed E-state index contributed by atoms with van der Waals surface area (Å²) in [4.78, 5) is 11.1. The zero-order valence-electron chi connectivity index (χ0n) is 14.3. The van der Waals surface area contributed by atoms with Crippen LogP contribution in [-0.4, -0.2) is 29.3 Å². The van der Waals surface area contributed by atoms with Gasteiger partial charge < -0.3 is 15.1 Å². The second-order valence-electron chi connectivity index (χ2n) is 6.42. The molecule has 9 heteroatoms. The first-order valence-corrected chi connectivity index (χ1v) is 8.63. The van der Waals surface area contributed by atoms with Crippen molar-refractivity contribution in [2.24, 2.45) is 5.92 Å². The standard InChI is InChI=1S/C17H21F3N4O2/c1-2-13(10-5-7-21-8-6-10)22-14-9-11(15-23-24-16(25)26-15)3-4-12(14)17(18,19)20/h3-4,9-10,13,21-22H,2,5-8H2,1H3,(H,24,25). The first kappa shape index (κ1) is 18.5. The van der Waals surface area contributed by atoms with Crippen molar-refractivity contribution in [2.45, 2.75) is 38.4 Å². The molecule has 1 aliphatic rings. The van der Waals surface area contributed by atoms with Crippen molar-refractivity contribution in [3.8, 4) is 11.5 Å². The van der Waals surface area contributed by atoms with E-state index in [4.69, 9.17) is 4.42 Å². The van der Waals surface area contributed by atoms with E-state index in [1.807, 2.05) is 6.92 Å². The molecule has 0 radical (unpaired) electrons. The minimum atomic E-state index is -4.49. The van der Waals surface area contributed by atoms with Gasteiger partial charge in [0, 0.05) is 17.3 Å². The Kier molecular flexibility index (Phi) is 5.36. The predicted molar refractivity (Wildman–Crippen MR) is 90.9 cm³/mol. The highest BCUT2D eigenvalue weighted by molar-refractivity contribution is 5.65. The number of benzene rings is 1. The normalized spacial score (nSPS) is 17.2. The van der Waals surface area contributed by atoms with Crippen LogP contribution in [0.2, 0.25) is 0 Å². The van der Waals surface area contributed by atoms with Crippen LogP contribution in [0.25, 0.3) is 11.5 Å². The molecule has 3 N–H and O–H groups in total. The SMILES string of the molecule is CCC(Nc1cc(-c2n[nH]c(=O)o2)ccc1C(F)(F)F)C1CCNCC1. The van der Waals surface area contributed by atoms with Crippen LogP contribution in [-0.2, 0) is 6.18 Å². The third-order valence-corrected chi connectivity index (χ3v) is 4.74. The number of alkyl halides is 3. The fourth-order valence-electron chi connectivity index (χ4n) is 3.40. The number of hydrogen-bond acceptors (Lipinski definition) is 5. The molecule has 1 saturated heterocycles. The number of nitrogens with zero attached hydrogens (tertiary/aromatic N) is 1. The summed E-state index contributed by atoms with van der Waals surface area (Å²) in [5.41, 5.74) is -0.462. The van der Waals surface area contributed by atoms with E-state index in [0.717, 1.165) is 32.0 Å². The first-order chi connectivity index (χ1) is 12.4.